The highest BCUT2D eigenvalue weighted by molar-refractivity contribution is 7.13. The van der Waals surface area contributed by atoms with E-state index < -0.39 is 4.92 Å². The number of pyridine rings is 1. The van der Waals surface area contributed by atoms with Gasteiger partial charge < -0.3 is 10.1 Å². The number of hydrogen-bond donors (Lipinski definition) is 1. The highest BCUT2D eigenvalue weighted by Gasteiger charge is 2.25. The largest absolute Gasteiger partial charge is 0.396 e. The Balaban J connectivity index is 1.65. The second-order valence-electron chi connectivity index (χ2n) is 7.63. The Morgan fingerprint density at radius 2 is 1.88 bits per heavy atom. The Bertz CT molecular complexity index is 1530. The van der Waals surface area contributed by atoms with Crippen LogP contribution in [0.3, 0.4) is 0 Å². The van der Waals surface area contributed by atoms with Crippen molar-refractivity contribution in [1.82, 2.24) is 9.38 Å². The van der Waals surface area contributed by atoms with Crippen molar-refractivity contribution in [3.8, 4) is 21.8 Å². The smallest absolute Gasteiger partial charge is 0.270 e. The van der Waals surface area contributed by atoms with E-state index in [9.17, 15) is 14.9 Å². The van der Waals surface area contributed by atoms with Gasteiger partial charge in [-0.05, 0) is 19.1 Å². The van der Waals surface area contributed by atoms with E-state index in [4.69, 9.17) is 10.7 Å². The number of aromatic nitrogens is 2. The lowest BCUT2D eigenvalue weighted by Crippen LogP contribution is -2.08. The summed E-state index contributed by atoms with van der Waals surface area (Å²) in [4.78, 5) is 28.9. The summed E-state index contributed by atoms with van der Waals surface area (Å²) in [6.07, 6.45) is 1.76. The van der Waals surface area contributed by atoms with Crippen molar-refractivity contribution in [3.05, 3.63) is 105 Å². The fourth-order valence-corrected chi connectivity index (χ4v) is 4.72. The minimum Gasteiger partial charge on any atom is -0.396 e. The zero-order chi connectivity index (χ0) is 23.1. The fourth-order valence-electron chi connectivity index (χ4n) is 3.83. The summed E-state index contributed by atoms with van der Waals surface area (Å²) in [7, 11) is 0. The third kappa shape index (κ3) is 3.56. The number of aryl methyl sites for hydroxylation is 1. The minimum atomic E-state index is -0.524. The van der Waals surface area contributed by atoms with E-state index >= 15 is 0 Å². The molecule has 162 valence electrons. The lowest BCUT2D eigenvalue weighted by Gasteiger charge is -2.04. The van der Waals surface area contributed by atoms with E-state index in [1.807, 2.05) is 48.7 Å². The molecule has 3 aromatic heterocycles. The van der Waals surface area contributed by atoms with Crippen LogP contribution in [0.15, 0.2) is 78.3 Å². The lowest BCUT2D eigenvalue weighted by atomic mass is 10.1. The average Bonchev–Trinajstić information content (AvgIpc) is 3.41. The number of anilines is 1. The summed E-state index contributed by atoms with van der Waals surface area (Å²) in [5, 5.41) is 13.8. The van der Waals surface area contributed by atoms with Crippen LogP contribution in [0.1, 0.15) is 21.6 Å². The van der Waals surface area contributed by atoms with E-state index in [1.54, 1.807) is 22.7 Å². The first-order valence-electron chi connectivity index (χ1n) is 10.1. The molecule has 33 heavy (non-hydrogen) atoms. The number of rotatable bonds is 5. The molecule has 0 aliphatic rings. The molecule has 0 fully saturated rings. The maximum Gasteiger partial charge on any atom is 0.270 e. The normalized spacial score (nSPS) is 11.1. The van der Waals surface area contributed by atoms with Gasteiger partial charge in [0.15, 0.2) is 0 Å². The van der Waals surface area contributed by atoms with Gasteiger partial charge in [-0.1, -0.05) is 48.0 Å². The molecule has 8 heteroatoms. The van der Waals surface area contributed by atoms with Gasteiger partial charge in [-0.15, -0.1) is 11.3 Å². The van der Waals surface area contributed by atoms with Crippen molar-refractivity contribution in [1.29, 1.82) is 0 Å². The molecule has 0 aliphatic carbocycles. The van der Waals surface area contributed by atoms with Gasteiger partial charge in [-0.25, -0.2) is 4.98 Å². The Kier molecular flexibility index (Phi) is 4.99. The Labute approximate surface area is 192 Å². The Hall–Kier alpha value is -4.30. The standard InChI is InChI=1S/C25H18N4O3S/c1-15-8-10-16(11-9-15)19-14-33-25(27-19)21-20-7-2-3-12-28(20)23(22(21)26)24(30)17-5-4-6-18(13-17)29(31)32/h2-14H,26H2,1H3. The first-order chi connectivity index (χ1) is 15.9. The van der Waals surface area contributed by atoms with Crippen LogP contribution in [-0.4, -0.2) is 20.1 Å². The van der Waals surface area contributed by atoms with Crippen LogP contribution in [0.4, 0.5) is 11.4 Å². The Morgan fingerprint density at radius 3 is 2.64 bits per heavy atom. The highest BCUT2D eigenvalue weighted by Crippen LogP contribution is 2.39. The monoisotopic (exact) mass is 454 g/mol. The predicted octanol–water partition coefficient (Wildman–Crippen LogP) is 5.76. The molecule has 7 nitrogen and oxygen atoms in total. The molecule has 0 unspecified atom stereocenters. The molecule has 2 N–H and O–H groups in total. The fraction of sp³-hybridized carbons (Fsp3) is 0.0400. The van der Waals surface area contributed by atoms with Crippen LogP contribution in [-0.2, 0) is 0 Å². The van der Waals surface area contributed by atoms with Crippen LogP contribution in [0.5, 0.6) is 0 Å². The average molecular weight is 455 g/mol. The molecule has 0 radical (unpaired) electrons. The van der Waals surface area contributed by atoms with Crippen LogP contribution in [0.25, 0.3) is 27.3 Å². The van der Waals surface area contributed by atoms with E-state index in [-0.39, 0.29) is 22.7 Å². The summed E-state index contributed by atoms with van der Waals surface area (Å²) in [6, 6.07) is 19.3. The third-order valence-electron chi connectivity index (χ3n) is 5.48. The number of nitrogens with two attached hydrogens (primary N) is 1. The Morgan fingerprint density at radius 1 is 1.09 bits per heavy atom. The predicted molar refractivity (Wildman–Crippen MR) is 130 cm³/mol. The van der Waals surface area contributed by atoms with Crippen LogP contribution in [0, 0.1) is 17.0 Å². The molecule has 0 spiro atoms. The van der Waals surface area contributed by atoms with Crippen molar-refractivity contribution in [2.45, 2.75) is 6.92 Å². The summed E-state index contributed by atoms with van der Waals surface area (Å²) in [5.74, 6) is -0.390. The number of nitro benzene ring substituents is 1. The highest BCUT2D eigenvalue weighted by atomic mass is 32.1. The number of non-ortho nitro benzene ring substituents is 1. The van der Waals surface area contributed by atoms with Crippen molar-refractivity contribution in [3.63, 3.8) is 0 Å². The van der Waals surface area contributed by atoms with Gasteiger partial charge in [-0.2, -0.15) is 0 Å². The SMILES string of the molecule is Cc1ccc(-c2csc(-c3c(N)c(C(=O)c4cccc([N+](=O)[O-])c4)n4ccccc34)n2)cc1. The minimum absolute atomic E-state index is 0.150. The quantitative estimate of drug-likeness (QED) is 0.207. The number of hydrogen-bond acceptors (Lipinski definition) is 6. The molecule has 0 saturated heterocycles. The van der Waals surface area contributed by atoms with Gasteiger partial charge in [0.05, 0.1) is 27.4 Å². The van der Waals surface area contributed by atoms with Crippen molar-refractivity contribution in [2.75, 3.05) is 5.73 Å². The van der Waals surface area contributed by atoms with Crippen molar-refractivity contribution in [2.24, 2.45) is 0 Å². The maximum atomic E-state index is 13.4. The number of carbonyl (C=O) groups is 1. The number of nitrogen functional groups attached to an aromatic ring is 1. The summed E-state index contributed by atoms with van der Waals surface area (Å²) in [5.41, 5.74) is 11.6. The number of thiazole rings is 1. The van der Waals surface area contributed by atoms with Crippen molar-refractivity contribution >= 4 is 34.0 Å². The van der Waals surface area contributed by atoms with E-state index in [0.717, 1.165) is 16.8 Å². The van der Waals surface area contributed by atoms with E-state index in [1.165, 1.54) is 35.1 Å². The molecule has 0 amide bonds. The number of fused-ring (bicyclic) bond motifs is 1. The third-order valence-corrected chi connectivity index (χ3v) is 6.34. The van der Waals surface area contributed by atoms with E-state index in [0.29, 0.717) is 16.3 Å². The topological polar surface area (TPSA) is 104 Å². The van der Waals surface area contributed by atoms with Gasteiger partial charge in [0.25, 0.3) is 5.69 Å². The first-order valence-corrected chi connectivity index (χ1v) is 11.0. The van der Waals surface area contributed by atoms with Crippen LogP contribution in [0.2, 0.25) is 0 Å². The number of benzene rings is 2. The molecule has 0 bridgehead atoms. The number of carbonyl (C=O) groups excluding carboxylic acids is 1. The van der Waals surface area contributed by atoms with Gasteiger partial charge in [0, 0.05) is 34.8 Å². The van der Waals surface area contributed by atoms with Crippen LogP contribution >= 0.6 is 11.3 Å². The molecule has 3 heterocycles. The van der Waals surface area contributed by atoms with Gasteiger partial charge in [0.1, 0.15) is 10.7 Å². The molecular weight excluding hydrogens is 436 g/mol. The zero-order valence-electron chi connectivity index (χ0n) is 17.6. The summed E-state index contributed by atoms with van der Waals surface area (Å²) >= 11 is 1.45. The number of nitrogens with zero attached hydrogens (tertiary/aromatic N) is 3. The molecule has 0 aliphatic heterocycles. The molecule has 0 atom stereocenters. The van der Waals surface area contributed by atoms with Crippen molar-refractivity contribution < 1.29 is 9.72 Å². The van der Waals surface area contributed by atoms with E-state index in [2.05, 4.69) is 0 Å². The maximum absolute atomic E-state index is 13.4. The summed E-state index contributed by atoms with van der Waals surface area (Å²) < 4.78 is 1.72. The number of nitro groups is 1. The second-order valence-corrected chi connectivity index (χ2v) is 8.49. The zero-order valence-corrected chi connectivity index (χ0v) is 18.4. The van der Waals surface area contributed by atoms with Gasteiger partial charge >= 0.3 is 0 Å². The molecule has 0 saturated carbocycles. The molecule has 5 aromatic rings. The number of ketones is 1. The molecule has 2 aromatic carbocycles. The summed E-state index contributed by atoms with van der Waals surface area (Å²) in [6.45, 7) is 2.03. The second kappa shape index (κ2) is 7.99. The lowest BCUT2D eigenvalue weighted by molar-refractivity contribution is -0.384. The van der Waals surface area contributed by atoms with Crippen LogP contribution < -0.4 is 5.73 Å². The van der Waals surface area contributed by atoms with Gasteiger partial charge in [0.2, 0.25) is 5.78 Å². The first kappa shape index (κ1) is 20.6. The van der Waals surface area contributed by atoms with Gasteiger partial charge in [-0.3, -0.25) is 14.9 Å². The molecular formula is C25H18N4O3S. The molecule has 5 rings (SSSR count).